The van der Waals surface area contributed by atoms with Crippen LogP contribution in [0.1, 0.15) is 238 Å². The highest BCUT2D eigenvalue weighted by atomic mass is 16.5. The zero-order valence-electron chi connectivity index (χ0n) is 61.7. The first-order valence-corrected chi connectivity index (χ1v) is 37.0. The second-order valence-corrected chi connectivity index (χ2v) is 29.3. The molecule has 0 atom stereocenters. The van der Waals surface area contributed by atoms with Gasteiger partial charge in [0.2, 0.25) is 0 Å². The fraction of sp³-hybridized carbons (Fsp3) is 0.576. The van der Waals surface area contributed by atoms with Crippen molar-refractivity contribution in [1.29, 1.82) is 0 Å². The number of likely N-dealkylation sites (N-methyl/N-ethyl adjacent to an activating group) is 1. The molecule has 5 saturated heterocycles. The third kappa shape index (κ3) is 29.5. The molecule has 8 heteroatoms. The lowest BCUT2D eigenvalue weighted by atomic mass is 10.0. The molecule has 0 amide bonds. The monoisotopic (exact) mass is 1270 g/mol. The van der Waals surface area contributed by atoms with Crippen molar-refractivity contribution < 1.29 is 4.74 Å². The number of piperidine rings is 1. The van der Waals surface area contributed by atoms with Gasteiger partial charge in [-0.05, 0) is 194 Å². The smallest absolute Gasteiger partial charge is 0.0594 e. The van der Waals surface area contributed by atoms with Gasteiger partial charge in [0, 0.05) is 78.5 Å². The van der Waals surface area contributed by atoms with Crippen LogP contribution in [-0.4, -0.2) is 146 Å². The molecule has 8 nitrogen and oxygen atoms in total. The number of rotatable bonds is 20. The number of morpholine rings is 1. The van der Waals surface area contributed by atoms with E-state index in [4.69, 9.17) is 4.74 Å². The fourth-order valence-electron chi connectivity index (χ4n) is 12.4. The molecule has 0 spiro atoms. The Labute approximate surface area is 570 Å². The van der Waals surface area contributed by atoms with Gasteiger partial charge < -0.3 is 9.64 Å². The maximum absolute atomic E-state index is 5.35. The Balaban J connectivity index is 0.000000177. The number of nitrogens with zero attached hydrogens (tertiary/aromatic N) is 7. The molecule has 0 bridgehead atoms. The van der Waals surface area contributed by atoms with E-state index in [2.05, 4.69) is 284 Å². The van der Waals surface area contributed by atoms with E-state index in [1.165, 1.54) is 171 Å². The minimum absolute atomic E-state index is 0.623. The third-order valence-electron chi connectivity index (χ3n) is 19.5. The Kier molecular flexibility index (Phi) is 35.2. The van der Waals surface area contributed by atoms with Crippen LogP contribution in [0.5, 0.6) is 0 Å². The quantitative estimate of drug-likeness (QED) is 0.0748. The molecule has 5 fully saturated rings. The van der Waals surface area contributed by atoms with Gasteiger partial charge in [0.05, 0.1) is 13.2 Å². The maximum atomic E-state index is 5.35. The minimum atomic E-state index is 0.623. The first-order valence-electron chi connectivity index (χ1n) is 37.0. The number of likely N-dealkylation sites (tertiary alicyclic amines) is 3. The molecular formula is C85H131N7O. The van der Waals surface area contributed by atoms with Gasteiger partial charge in [-0.15, -0.1) is 0 Å². The van der Waals surface area contributed by atoms with E-state index < -0.39 is 0 Å². The molecule has 5 heterocycles. The Morgan fingerprint density at radius 2 is 0.505 bits per heavy atom. The summed E-state index contributed by atoms with van der Waals surface area (Å²) in [5, 5.41) is 0. The van der Waals surface area contributed by atoms with E-state index in [1.807, 2.05) is 0 Å². The number of piperazine rings is 1. The van der Waals surface area contributed by atoms with Gasteiger partial charge in [-0.25, -0.2) is 0 Å². The van der Waals surface area contributed by atoms with Crippen molar-refractivity contribution in [2.75, 3.05) is 112 Å². The summed E-state index contributed by atoms with van der Waals surface area (Å²) in [6.07, 6.45) is 8.31. The Bertz CT molecular complexity index is 2710. The van der Waals surface area contributed by atoms with Crippen LogP contribution in [0.25, 0.3) is 0 Å². The minimum Gasteiger partial charge on any atom is -0.379 e. The summed E-state index contributed by atoms with van der Waals surface area (Å²) in [6.45, 7) is 56.6. The summed E-state index contributed by atoms with van der Waals surface area (Å²) in [6, 6.07) is 54.5. The topological polar surface area (TPSA) is 31.9 Å². The molecule has 0 aromatic heterocycles. The Morgan fingerprint density at radius 1 is 0.280 bits per heavy atom. The average molecular weight is 1270 g/mol. The molecule has 5 aliphatic heterocycles. The third-order valence-corrected chi connectivity index (χ3v) is 19.5. The van der Waals surface area contributed by atoms with E-state index in [1.54, 1.807) is 0 Å². The molecule has 5 aliphatic rings. The van der Waals surface area contributed by atoms with Crippen LogP contribution < -0.4 is 0 Å². The van der Waals surface area contributed by atoms with Crippen molar-refractivity contribution in [3.05, 3.63) is 212 Å². The molecule has 6 aromatic rings. The van der Waals surface area contributed by atoms with E-state index in [0.29, 0.717) is 35.5 Å². The van der Waals surface area contributed by atoms with Crippen molar-refractivity contribution in [1.82, 2.24) is 34.3 Å². The van der Waals surface area contributed by atoms with Crippen LogP contribution in [-0.2, 0) is 44.0 Å². The normalized spacial score (nSPS) is 16.8. The molecule has 0 aliphatic carbocycles. The number of hydrogen-bond acceptors (Lipinski definition) is 8. The van der Waals surface area contributed by atoms with Gasteiger partial charge in [-0.1, -0.05) is 249 Å². The first-order chi connectivity index (χ1) is 44.8. The van der Waals surface area contributed by atoms with Crippen molar-refractivity contribution in [3.8, 4) is 0 Å². The zero-order valence-corrected chi connectivity index (χ0v) is 61.7. The summed E-state index contributed by atoms with van der Waals surface area (Å²) in [5.41, 5.74) is 17.3. The number of benzene rings is 6. The molecule has 0 N–H and O–H groups in total. The summed E-state index contributed by atoms with van der Waals surface area (Å²) in [5.74, 6) is 3.82. The lowest BCUT2D eigenvalue weighted by Crippen LogP contribution is -2.43. The van der Waals surface area contributed by atoms with Crippen LogP contribution in [0, 0.1) is 0 Å². The summed E-state index contributed by atoms with van der Waals surface area (Å²) >= 11 is 0. The molecule has 93 heavy (non-hydrogen) atoms. The van der Waals surface area contributed by atoms with Crippen molar-refractivity contribution in [3.63, 3.8) is 0 Å². The van der Waals surface area contributed by atoms with Gasteiger partial charge >= 0.3 is 0 Å². The van der Waals surface area contributed by atoms with Crippen molar-refractivity contribution >= 4 is 0 Å². The van der Waals surface area contributed by atoms with E-state index in [9.17, 15) is 0 Å². The lowest BCUT2D eigenvalue weighted by Gasteiger charge is -2.32. The van der Waals surface area contributed by atoms with E-state index >= 15 is 0 Å². The number of ether oxygens (including phenoxy) is 1. The van der Waals surface area contributed by atoms with Gasteiger partial charge in [-0.2, -0.15) is 0 Å². The summed E-state index contributed by atoms with van der Waals surface area (Å²) in [4.78, 5) is 17.4. The SMILES string of the molecule is CC(C)c1ccc(CN2CCC2)cc1.CC(C)c1ccc(CN2CCCC2)cc1.CC(C)c1ccc(CN2CCCCC2)cc1.CC(C)c1ccc(CN2CCN(C)CC2)cc1.CC(C)c1ccc(CN2CCOCC2)cc1.CCN(CC)Cc1ccc(C(C)C)cc1. The molecule has 0 unspecified atom stereocenters. The van der Waals surface area contributed by atoms with Gasteiger partial charge in [-0.3, -0.25) is 29.4 Å². The fourth-order valence-corrected chi connectivity index (χ4v) is 12.4. The molecule has 0 saturated carbocycles. The Hall–Kier alpha value is -5.00. The molecule has 0 radical (unpaired) electrons. The predicted octanol–water partition coefficient (Wildman–Crippen LogP) is 19.1. The second-order valence-electron chi connectivity index (χ2n) is 29.3. The average Bonchev–Trinajstić information content (AvgIpc) is 4.32. The van der Waals surface area contributed by atoms with Crippen LogP contribution in [0.2, 0.25) is 0 Å². The largest absolute Gasteiger partial charge is 0.379 e. The van der Waals surface area contributed by atoms with E-state index in [-0.39, 0.29) is 0 Å². The number of hydrogen-bond donors (Lipinski definition) is 0. The lowest BCUT2D eigenvalue weighted by molar-refractivity contribution is 0.0342. The molecular weight excluding hydrogens is 1130 g/mol. The van der Waals surface area contributed by atoms with Crippen LogP contribution in [0.4, 0.5) is 0 Å². The van der Waals surface area contributed by atoms with Crippen LogP contribution >= 0.6 is 0 Å². The van der Waals surface area contributed by atoms with Crippen LogP contribution in [0.15, 0.2) is 146 Å². The summed E-state index contributed by atoms with van der Waals surface area (Å²) in [7, 11) is 2.20. The highest BCUT2D eigenvalue weighted by molar-refractivity contribution is 5.29. The van der Waals surface area contributed by atoms with Gasteiger partial charge in [0.15, 0.2) is 0 Å². The van der Waals surface area contributed by atoms with Crippen LogP contribution in [0.3, 0.4) is 0 Å². The van der Waals surface area contributed by atoms with Gasteiger partial charge in [0.25, 0.3) is 0 Å². The highest BCUT2D eigenvalue weighted by Gasteiger charge is 2.17. The van der Waals surface area contributed by atoms with Crippen molar-refractivity contribution in [2.45, 2.75) is 210 Å². The Morgan fingerprint density at radius 3 is 0.742 bits per heavy atom. The summed E-state index contributed by atoms with van der Waals surface area (Å²) < 4.78 is 5.35. The second kappa shape index (κ2) is 42.5. The highest BCUT2D eigenvalue weighted by Crippen LogP contribution is 2.23. The predicted molar refractivity (Wildman–Crippen MR) is 402 cm³/mol. The standard InChI is InChI=1S/C15H24N2.C15H23N.C14H21NO.C14H21N.C14H23N.C13H19N/c1-13(2)15-6-4-14(5-7-15)12-17-10-8-16(3)9-11-17;1-13(2)15-8-6-14(7-9-15)12-16-10-4-3-5-11-16;1-12(2)14-5-3-13(4-6-14)11-15-7-9-16-10-8-15;1-12(2)14-7-5-13(6-8-14)11-15-9-3-4-10-15;1-5-15(6-2)11-13-7-9-14(10-8-13)12(3)4;1-11(2)13-6-4-12(5-7-13)10-14-8-3-9-14/h4-7,13H,8-12H2,1-3H3;6-9,13H,3-5,10-12H2,1-2H3;3-6,12H,7-11H2,1-2H3;5-8,12H,3-4,9-11H2,1-2H3;7-10,12H,5-6,11H2,1-4H3;4-7,11H,3,8-10H2,1-2H3. The molecule has 512 valence electrons. The van der Waals surface area contributed by atoms with E-state index in [0.717, 1.165) is 78.7 Å². The zero-order chi connectivity index (χ0) is 66.9. The maximum Gasteiger partial charge on any atom is 0.0594 e. The molecule has 11 rings (SSSR count). The van der Waals surface area contributed by atoms with Crippen molar-refractivity contribution in [2.24, 2.45) is 0 Å². The first kappa shape index (κ1) is 77.0. The van der Waals surface area contributed by atoms with Gasteiger partial charge in [0.1, 0.15) is 0 Å². The molecule has 6 aromatic carbocycles.